The first-order chi connectivity index (χ1) is 10.1. The van der Waals surface area contributed by atoms with Gasteiger partial charge in [-0.1, -0.05) is 27.2 Å². The molecule has 2 aliphatic heterocycles. The van der Waals surface area contributed by atoms with E-state index in [9.17, 15) is 0 Å². The van der Waals surface area contributed by atoms with E-state index in [0.29, 0.717) is 5.41 Å². The molecule has 0 radical (unpaired) electrons. The molecule has 124 valence electrons. The zero-order valence-corrected chi connectivity index (χ0v) is 14.8. The lowest BCUT2D eigenvalue weighted by Gasteiger charge is -2.49. The number of rotatable bonds is 7. The topological polar surface area (TPSA) is 18.5 Å². The number of nitrogens with zero attached hydrogens (tertiary/aromatic N) is 2. The highest BCUT2D eigenvalue weighted by Gasteiger charge is 2.35. The van der Waals surface area contributed by atoms with Crippen molar-refractivity contribution < 1.29 is 0 Å². The quantitative estimate of drug-likeness (QED) is 0.729. The zero-order chi connectivity index (χ0) is 15.3. The summed E-state index contributed by atoms with van der Waals surface area (Å²) < 4.78 is 0. The molecule has 2 fully saturated rings. The van der Waals surface area contributed by atoms with Gasteiger partial charge in [0.25, 0.3) is 0 Å². The predicted octanol–water partition coefficient (Wildman–Crippen LogP) is 2.96. The van der Waals surface area contributed by atoms with Gasteiger partial charge in [0.2, 0.25) is 0 Å². The molecule has 3 heteroatoms. The third-order valence-electron chi connectivity index (χ3n) is 5.73. The maximum atomic E-state index is 3.65. The van der Waals surface area contributed by atoms with Gasteiger partial charge in [0, 0.05) is 38.3 Å². The van der Waals surface area contributed by atoms with Gasteiger partial charge in [-0.05, 0) is 51.1 Å². The lowest BCUT2D eigenvalue weighted by Crippen LogP contribution is -2.60. The summed E-state index contributed by atoms with van der Waals surface area (Å²) in [6.07, 6.45) is 6.77. The lowest BCUT2D eigenvalue weighted by molar-refractivity contribution is -0.00508. The Balaban J connectivity index is 1.90. The molecule has 0 amide bonds. The summed E-state index contributed by atoms with van der Waals surface area (Å²) in [6.45, 7) is 17.0. The van der Waals surface area contributed by atoms with E-state index in [1.807, 2.05) is 0 Å². The second kappa shape index (κ2) is 7.94. The first kappa shape index (κ1) is 17.2. The van der Waals surface area contributed by atoms with E-state index in [4.69, 9.17) is 0 Å². The van der Waals surface area contributed by atoms with Gasteiger partial charge in [-0.15, -0.1) is 0 Å². The highest BCUT2D eigenvalue weighted by Crippen LogP contribution is 2.28. The summed E-state index contributed by atoms with van der Waals surface area (Å²) in [5.74, 6) is 0. The van der Waals surface area contributed by atoms with Crippen LogP contribution in [0.3, 0.4) is 0 Å². The number of fused-ring (bicyclic) bond motifs is 1. The molecule has 3 unspecified atom stereocenters. The normalized spacial score (nSPS) is 30.9. The highest BCUT2D eigenvalue weighted by atomic mass is 15.3. The molecule has 1 N–H and O–H groups in total. The van der Waals surface area contributed by atoms with Crippen LogP contribution in [0.25, 0.3) is 0 Å². The summed E-state index contributed by atoms with van der Waals surface area (Å²) in [6, 6.07) is 1.55. The standard InChI is InChI=1S/C18H37N3/c1-5-10-19-14-18(4,6-2)15-21-13-17-9-7-8-11-20(17)12-16(21)3/h16-17,19H,5-15H2,1-4H3. The molecule has 0 aromatic heterocycles. The van der Waals surface area contributed by atoms with Crippen molar-refractivity contribution >= 4 is 0 Å². The molecule has 0 aromatic carbocycles. The average molecular weight is 296 g/mol. The van der Waals surface area contributed by atoms with Crippen molar-refractivity contribution in [2.75, 3.05) is 39.3 Å². The summed E-state index contributed by atoms with van der Waals surface area (Å²) in [5.41, 5.74) is 0.417. The Kier molecular flexibility index (Phi) is 6.51. The van der Waals surface area contributed by atoms with Crippen LogP contribution in [0.15, 0.2) is 0 Å². The van der Waals surface area contributed by atoms with Crippen LogP contribution in [0.1, 0.15) is 59.8 Å². The van der Waals surface area contributed by atoms with Crippen LogP contribution in [-0.4, -0.2) is 61.2 Å². The Morgan fingerprint density at radius 3 is 2.71 bits per heavy atom. The van der Waals surface area contributed by atoms with Gasteiger partial charge < -0.3 is 5.32 Å². The monoisotopic (exact) mass is 295 g/mol. The number of piperidine rings is 1. The Bertz CT molecular complexity index is 307. The highest BCUT2D eigenvalue weighted by molar-refractivity contribution is 4.92. The second-order valence-corrected chi connectivity index (χ2v) is 7.76. The van der Waals surface area contributed by atoms with Crippen molar-refractivity contribution in [3.05, 3.63) is 0 Å². The Morgan fingerprint density at radius 1 is 1.19 bits per heavy atom. The van der Waals surface area contributed by atoms with Crippen LogP contribution >= 0.6 is 0 Å². The molecule has 2 saturated heterocycles. The first-order valence-electron chi connectivity index (χ1n) is 9.27. The minimum atomic E-state index is 0.417. The number of piperazine rings is 1. The molecule has 3 nitrogen and oxygen atoms in total. The minimum absolute atomic E-state index is 0.417. The van der Waals surface area contributed by atoms with Crippen LogP contribution in [0.2, 0.25) is 0 Å². The van der Waals surface area contributed by atoms with Gasteiger partial charge in [-0.2, -0.15) is 0 Å². The lowest BCUT2D eigenvalue weighted by atomic mass is 9.85. The van der Waals surface area contributed by atoms with Crippen molar-refractivity contribution in [2.24, 2.45) is 5.41 Å². The molecule has 3 atom stereocenters. The molecule has 21 heavy (non-hydrogen) atoms. The molecule has 0 aliphatic carbocycles. The van der Waals surface area contributed by atoms with Gasteiger partial charge in [0.1, 0.15) is 0 Å². The van der Waals surface area contributed by atoms with E-state index in [0.717, 1.165) is 25.2 Å². The zero-order valence-electron chi connectivity index (χ0n) is 14.8. The Labute approximate surface area is 132 Å². The fraction of sp³-hybridized carbons (Fsp3) is 1.00. The van der Waals surface area contributed by atoms with Gasteiger partial charge in [0.15, 0.2) is 0 Å². The fourth-order valence-corrected chi connectivity index (χ4v) is 3.98. The molecule has 0 saturated carbocycles. The molecule has 0 bridgehead atoms. The Morgan fingerprint density at radius 2 is 2.00 bits per heavy atom. The predicted molar refractivity (Wildman–Crippen MR) is 91.8 cm³/mol. The molecule has 2 aliphatic rings. The molecule has 2 heterocycles. The summed E-state index contributed by atoms with van der Waals surface area (Å²) in [5, 5.41) is 3.65. The van der Waals surface area contributed by atoms with Gasteiger partial charge in [0.05, 0.1) is 0 Å². The van der Waals surface area contributed by atoms with Gasteiger partial charge in [-0.3, -0.25) is 9.80 Å². The van der Waals surface area contributed by atoms with Crippen LogP contribution < -0.4 is 5.32 Å². The third-order valence-corrected chi connectivity index (χ3v) is 5.73. The maximum Gasteiger partial charge on any atom is 0.0223 e. The number of nitrogens with one attached hydrogen (secondary N) is 1. The van der Waals surface area contributed by atoms with Gasteiger partial charge >= 0.3 is 0 Å². The molecular formula is C18H37N3. The van der Waals surface area contributed by atoms with Crippen LogP contribution in [0.5, 0.6) is 0 Å². The smallest absolute Gasteiger partial charge is 0.0223 e. The largest absolute Gasteiger partial charge is 0.316 e. The molecule has 2 rings (SSSR count). The van der Waals surface area contributed by atoms with Crippen LogP contribution in [0, 0.1) is 5.41 Å². The van der Waals surface area contributed by atoms with E-state index in [1.54, 1.807) is 0 Å². The van der Waals surface area contributed by atoms with E-state index >= 15 is 0 Å². The van der Waals surface area contributed by atoms with Crippen molar-refractivity contribution in [3.8, 4) is 0 Å². The molecule has 0 spiro atoms. The minimum Gasteiger partial charge on any atom is -0.316 e. The molecule has 0 aromatic rings. The van der Waals surface area contributed by atoms with Gasteiger partial charge in [-0.25, -0.2) is 0 Å². The third kappa shape index (κ3) is 4.67. The maximum absolute atomic E-state index is 3.65. The average Bonchev–Trinajstić information content (AvgIpc) is 2.48. The fourth-order valence-electron chi connectivity index (χ4n) is 3.98. The van der Waals surface area contributed by atoms with Crippen LogP contribution in [-0.2, 0) is 0 Å². The second-order valence-electron chi connectivity index (χ2n) is 7.76. The van der Waals surface area contributed by atoms with Crippen molar-refractivity contribution in [3.63, 3.8) is 0 Å². The summed E-state index contributed by atoms with van der Waals surface area (Å²) in [4.78, 5) is 5.53. The summed E-state index contributed by atoms with van der Waals surface area (Å²) >= 11 is 0. The van der Waals surface area contributed by atoms with Crippen molar-refractivity contribution in [1.29, 1.82) is 0 Å². The number of hydrogen-bond donors (Lipinski definition) is 1. The van der Waals surface area contributed by atoms with Crippen LogP contribution in [0.4, 0.5) is 0 Å². The SMILES string of the molecule is CCCNCC(C)(CC)CN1CC2CCCCN2CC1C. The Hall–Kier alpha value is -0.120. The number of hydrogen-bond acceptors (Lipinski definition) is 3. The van der Waals surface area contributed by atoms with E-state index in [1.165, 1.54) is 58.3 Å². The first-order valence-corrected chi connectivity index (χ1v) is 9.27. The van der Waals surface area contributed by atoms with E-state index in [2.05, 4.69) is 42.8 Å². The molecular weight excluding hydrogens is 258 g/mol. The van der Waals surface area contributed by atoms with E-state index < -0.39 is 0 Å². The van der Waals surface area contributed by atoms with E-state index in [-0.39, 0.29) is 0 Å². The van der Waals surface area contributed by atoms with Crippen molar-refractivity contribution in [2.45, 2.75) is 71.9 Å². The summed E-state index contributed by atoms with van der Waals surface area (Å²) in [7, 11) is 0. The van der Waals surface area contributed by atoms with Crippen molar-refractivity contribution in [1.82, 2.24) is 15.1 Å².